The van der Waals surface area contributed by atoms with Gasteiger partial charge in [-0.2, -0.15) is 0 Å². The fourth-order valence-corrected chi connectivity index (χ4v) is 2.09. The standard InChI is InChI=1S/C16H20N2O/c1-2-9-18-16(19)15(17)11-12-7-8-13-5-3-4-6-14(13)10-12/h3-8,10,15H,2,9,11,17H2,1H3,(H,18,19)/t15-/m1/s1. The number of amides is 1. The number of carbonyl (C=O) groups is 1. The Morgan fingerprint density at radius 2 is 1.95 bits per heavy atom. The summed E-state index contributed by atoms with van der Waals surface area (Å²) in [6.07, 6.45) is 1.49. The maximum atomic E-state index is 11.7. The van der Waals surface area contributed by atoms with Crippen molar-refractivity contribution >= 4 is 16.7 Å². The van der Waals surface area contributed by atoms with Crippen molar-refractivity contribution in [1.82, 2.24) is 5.32 Å². The number of nitrogens with one attached hydrogen (secondary N) is 1. The zero-order valence-corrected chi connectivity index (χ0v) is 11.2. The van der Waals surface area contributed by atoms with Crippen LogP contribution < -0.4 is 11.1 Å². The second kappa shape index (κ2) is 6.34. The van der Waals surface area contributed by atoms with Gasteiger partial charge in [0.1, 0.15) is 0 Å². The summed E-state index contributed by atoms with van der Waals surface area (Å²) in [7, 11) is 0. The summed E-state index contributed by atoms with van der Waals surface area (Å²) in [6, 6.07) is 13.9. The first-order valence-electron chi connectivity index (χ1n) is 6.71. The second-order valence-electron chi connectivity index (χ2n) is 4.78. The molecule has 0 saturated heterocycles. The molecule has 0 unspecified atom stereocenters. The Bertz CT molecular complexity index is 565. The highest BCUT2D eigenvalue weighted by Gasteiger charge is 2.13. The molecule has 1 atom stereocenters. The lowest BCUT2D eigenvalue weighted by atomic mass is 10.0. The van der Waals surface area contributed by atoms with E-state index in [1.165, 1.54) is 10.8 Å². The molecule has 0 aliphatic rings. The highest BCUT2D eigenvalue weighted by Crippen LogP contribution is 2.16. The van der Waals surface area contributed by atoms with Crippen molar-refractivity contribution in [2.45, 2.75) is 25.8 Å². The van der Waals surface area contributed by atoms with Gasteiger partial charge in [-0.15, -0.1) is 0 Å². The van der Waals surface area contributed by atoms with E-state index in [0.29, 0.717) is 13.0 Å². The largest absolute Gasteiger partial charge is 0.355 e. The molecule has 100 valence electrons. The maximum Gasteiger partial charge on any atom is 0.237 e. The number of fused-ring (bicyclic) bond motifs is 1. The van der Waals surface area contributed by atoms with Crippen LogP contribution >= 0.6 is 0 Å². The molecule has 1 amide bonds. The first kappa shape index (κ1) is 13.6. The Morgan fingerprint density at radius 1 is 1.21 bits per heavy atom. The summed E-state index contributed by atoms with van der Waals surface area (Å²) in [6.45, 7) is 2.71. The topological polar surface area (TPSA) is 55.1 Å². The Labute approximate surface area is 113 Å². The molecule has 0 heterocycles. The van der Waals surface area contributed by atoms with Crippen LogP contribution in [0.1, 0.15) is 18.9 Å². The van der Waals surface area contributed by atoms with Crippen LogP contribution in [0.4, 0.5) is 0 Å². The molecule has 0 radical (unpaired) electrons. The van der Waals surface area contributed by atoms with Gasteiger partial charge in [0.25, 0.3) is 0 Å². The quantitative estimate of drug-likeness (QED) is 0.862. The monoisotopic (exact) mass is 256 g/mol. The molecular weight excluding hydrogens is 236 g/mol. The molecule has 3 N–H and O–H groups in total. The van der Waals surface area contributed by atoms with Gasteiger partial charge in [-0.3, -0.25) is 4.79 Å². The Balaban J connectivity index is 2.06. The summed E-state index contributed by atoms with van der Waals surface area (Å²) >= 11 is 0. The van der Waals surface area contributed by atoms with Gasteiger partial charge in [-0.25, -0.2) is 0 Å². The van der Waals surface area contributed by atoms with E-state index >= 15 is 0 Å². The fraction of sp³-hybridized carbons (Fsp3) is 0.312. The van der Waals surface area contributed by atoms with Crippen LogP contribution in [0.25, 0.3) is 10.8 Å². The predicted molar refractivity (Wildman–Crippen MR) is 78.9 cm³/mol. The van der Waals surface area contributed by atoms with Crippen LogP contribution in [-0.2, 0) is 11.2 Å². The Morgan fingerprint density at radius 3 is 2.68 bits per heavy atom. The van der Waals surface area contributed by atoms with Crippen LogP contribution in [0.3, 0.4) is 0 Å². The van der Waals surface area contributed by atoms with Gasteiger partial charge in [0.2, 0.25) is 5.91 Å². The molecule has 0 saturated carbocycles. The van der Waals surface area contributed by atoms with Crippen LogP contribution in [0.2, 0.25) is 0 Å². The van der Waals surface area contributed by atoms with Crippen LogP contribution in [0.15, 0.2) is 42.5 Å². The molecule has 0 aromatic heterocycles. The average molecular weight is 256 g/mol. The number of hydrogen-bond acceptors (Lipinski definition) is 2. The van der Waals surface area contributed by atoms with Gasteiger partial charge in [-0.1, -0.05) is 49.4 Å². The normalized spacial score (nSPS) is 12.3. The molecule has 0 aliphatic heterocycles. The second-order valence-corrected chi connectivity index (χ2v) is 4.78. The SMILES string of the molecule is CCCNC(=O)[C@H](N)Cc1ccc2ccccc2c1. The summed E-state index contributed by atoms with van der Waals surface area (Å²) < 4.78 is 0. The van der Waals surface area contributed by atoms with Crippen molar-refractivity contribution < 1.29 is 4.79 Å². The summed E-state index contributed by atoms with van der Waals surface area (Å²) in [5, 5.41) is 5.21. The van der Waals surface area contributed by atoms with Crippen LogP contribution in [0, 0.1) is 0 Å². The van der Waals surface area contributed by atoms with Crippen molar-refractivity contribution in [2.24, 2.45) is 5.73 Å². The lowest BCUT2D eigenvalue weighted by Crippen LogP contribution is -2.42. The third kappa shape index (κ3) is 3.55. The molecule has 2 aromatic rings. The van der Waals surface area contributed by atoms with Gasteiger partial charge in [0.15, 0.2) is 0 Å². The fourth-order valence-electron chi connectivity index (χ4n) is 2.09. The number of rotatable bonds is 5. The minimum Gasteiger partial charge on any atom is -0.355 e. The van der Waals surface area contributed by atoms with E-state index in [1.807, 2.05) is 25.1 Å². The lowest BCUT2D eigenvalue weighted by Gasteiger charge is -2.12. The van der Waals surface area contributed by atoms with E-state index in [9.17, 15) is 4.79 Å². The van der Waals surface area contributed by atoms with E-state index in [-0.39, 0.29) is 5.91 Å². The molecule has 19 heavy (non-hydrogen) atoms. The van der Waals surface area contributed by atoms with Crippen molar-refractivity contribution in [3.63, 3.8) is 0 Å². The molecule has 0 bridgehead atoms. The van der Waals surface area contributed by atoms with E-state index in [4.69, 9.17) is 5.73 Å². The van der Waals surface area contributed by atoms with Crippen LogP contribution in [0.5, 0.6) is 0 Å². The molecule has 0 fully saturated rings. The summed E-state index contributed by atoms with van der Waals surface area (Å²) in [4.78, 5) is 11.7. The van der Waals surface area contributed by atoms with Gasteiger partial charge < -0.3 is 11.1 Å². The first-order valence-corrected chi connectivity index (χ1v) is 6.71. The average Bonchev–Trinajstić information content (AvgIpc) is 2.44. The number of nitrogens with two attached hydrogens (primary N) is 1. The van der Waals surface area contributed by atoms with Crippen molar-refractivity contribution in [3.05, 3.63) is 48.0 Å². The number of carbonyl (C=O) groups excluding carboxylic acids is 1. The zero-order chi connectivity index (χ0) is 13.7. The van der Waals surface area contributed by atoms with Crippen molar-refractivity contribution in [1.29, 1.82) is 0 Å². The molecule has 2 aromatic carbocycles. The zero-order valence-electron chi connectivity index (χ0n) is 11.2. The smallest absolute Gasteiger partial charge is 0.237 e. The lowest BCUT2D eigenvalue weighted by molar-refractivity contribution is -0.122. The molecule has 0 aliphatic carbocycles. The van der Waals surface area contributed by atoms with Crippen molar-refractivity contribution in [2.75, 3.05) is 6.54 Å². The van der Waals surface area contributed by atoms with E-state index in [2.05, 4.69) is 29.6 Å². The number of benzene rings is 2. The minimum atomic E-state index is -0.479. The minimum absolute atomic E-state index is 0.0741. The van der Waals surface area contributed by atoms with E-state index in [1.54, 1.807) is 0 Å². The van der Waals surface area contributed by atoms with Gasteiger partial charge in [-0.05, 0) is 29.2 Å². The Kier molecular flexibility index (Phi) is 4.53. The molecule has 3 nitrogen and oxygen atoms in total. The molecule has 2 rings (SSSR count). The maximum absolute atomic E-state index is 11.7. The Hall–Kier alpha value is -1.87. The molecule has 0 spiro atoms. The van der Waals surface area contributed by atoms with E-state index in [0.717, 1.165) is 12.0 Å². The van der Waals surface area contributed by atoms with Gasteiger partial charge in [0.05, 0.1) is 6.04 Å². The predicted octanol–water partition coefficient (Wildman–Crippen LogP) is 2.24. The van der Waals surface area contributed by atoms with Crippen LogP contribution in [-0.4, -0.2) is 18.5 Å². The van der Waals surface area contributed by atoms with Gasteiger partial charge in [0, 0.05) is 6.54 Å². The number of hydrogen-bond donors (Lipinski definition) is 2. The van der Waals surface area contributed by atoms with Crippen molar-refractivity contribution in [3.8, 4) is 0 Å². The molecular formula is C16H20N2O. The first-order chi connectivity index (χ1) is 9.20. The summed E-state index contributed by atoms with van der Waals surface area (Å²) in [5.41, 5.74) is 7.02. The third-order valence-electron chi connectivity index (χ3n) is 3.16. The third-order valence-corrected chi connectivity index (χ3v) is 3.16. The highest BCUT2D eigenvalue weighted by molar-refractivity contribution is 5.84. The van der Waals surface area contributed by atoms with E-state index < -0.39 is 6.04 Å². The van der Waals surface area contributed by atoms with Gasteiger partial charge >= 0.3 is 0 Å². The summed E-state index contributed by atoms with van der Waals surface area (Å²) in [5.74, 6) is -0.0741. The molecule has 3 heteroatoms. The highest BCUT2D eigenvalue weighted by atomic mass is 16.2.